The van der Waals surface area contributed by atoms with Crippen LogP contribution in [0.1, 0.15) is 12.5 Å². The standard InChI is InChI=1S/C8H10FIN2O/c1-8(11,4-13)6-5(10)2-3-12-7(6)9/h2-3,13H,4,11H2,1H3. The van der Waals surface area contributed by atoms with Crippen LogP contribution in [-0.4, -0.2) is 16.7 Å². The second kappa shape index (κ2) is 3.85. The fourth-order valence-corrected chi connectivity index (χ4v) is 2.00. The summed E-state index contributed by atoms with van der Waals surface area (Å²) in [5, 5.41) is 8.97. The minimum atomic E-state index is -1.07. The van der Waals surface area contributed by atoms with Crippen molar-refractivity contribution in [3.05, 3.63) is 27.3 Å². The van der Waals surface area contributed by atoms with E-state index in [1.54, 1.807) is 13.0 Å². The Labute approximate surface area is 89.3 Å². The largest absolute Gasteiger partial charge is 0.394 e. The minimum Gasteiger partial charge on any atom is -0.394 e. The van der Waals surface area contributed by atoms with E-state index in [0.717, 1.165) is 0 Å². The number of halogens is 2. The molecule has 1 heterocycles. The van der Waals surface area contributed by atoms with Crippen molar-refractivity contribution in [1.29, 1.82) is 0 Å². The van der Waals surface area contributed by atoms with E-state index in [-0.39, 0.29) is 12.2 Å². The molecule has 13 heavy (non-hydrogen) atoms. The maximum Gasteiger partial charge on any atom is 0.219 e. The molecule has 1 unspecified atom stereocenters. The minimum absolute atomic E-state index is 0.262. The van der Waals surface area contributed by atoms with Gasteiger partial charge in [0.1, 0.15) is 0 Å². The number of hydrogen-bond acceptors (Lipinski definition) is 3. The Morgan fingerprint density at radius 2 is 2.38 bits per heavy atom. The molecule has 3 N–H and O–H groups in total. The third kappa shape index (κ3) is 2.15. The van der Waals surface area contributed by atoms with Crippen LogP contribution < -0.4 is 5.73 Å². The van der Waals surface area contributed by atoms with Crippen LogP contribution in [0.4, 0.5) is 4.39 Å². The molecular weight excluding hydrogens is 286 g/mol. The lowest BCUT2D eigenvalue weighted by Gasteiger charge is -2.23. The van der Waals surface area contributed by atoms with Gasteiger partial charge in [0.15, 0.2) is 0 Å². The van der Waals surface area contributed by atoms with Crippen LogP contribution in [0.15, 0.2) is 12.3 Å². The smallest absolute Gasteiger partial charge is 0.219 e. The first-order chi connectivity index (χ1) is 5.99. The molecule has 3 nitrogen and oxygen atoms in total. The molecular formula is C8H10FIN2O. The predicted molar refractivity (Wildman–Crippen MR) is 55.5 cm³/mol. The van der Waals surface area contributed by atoms with Gasteiger partial charge in [-0.05, 0) is 35.6 Å². The van der Waals surface area contributed by atoms with Crippen LogP contribution in [0.5, 0.6) is 0 Å². The van der Waals surface area contributed by atoms with Crippen molar-refractivity contribution in [1.82, 2.24) is 4.98 Å². The molecule has 1 rings (SSSR count). The van der Waals surface area contributed by atoms with Crippen LogP contribution >= 0.6 is 22.6 Å². The van der Waals surface area contributed by atoms with Crippen molar-refractivity contribution in [2.45, 2.75) is 12.5 Å². The Morgan fingerprint density at radius 1 is 1.77 bits per heavy atom. The highest BCUT2D eigenvalue weighted by atomic mass is 127. The van der Waals surface area contributed by atoms with E-state index in [9.17, 15) is 4.39 Å². The number of nitrogens with two attached hydrogens (primary N) is 1. The lowest BCUT2D eigenvalue weighted by molar-refractivity contribution is 0.205. The highest BCUT2D eigenvalue weighted by Gasteiger charge is 2.27. The zero-order valence-electron chi connectivity index (χ0n) is 7.09. The number of nitrogens with zero attached hydrogens (tertiary/aromatic N) is 1. The number of rotatable bonds is 2. The van der Waals surface area contributed by atoms with E-state index in [0.29, 0.717) is 3.57 Å². The van der Waals surface area contributed by atoms with Gasteiger partial charge < -0.3 is 10.8 Å². The lowest BCUT2D eigenvalue weighted by atomic mass is 9.96. The third-order valence-electron chi connectivity index (χ3n) is 1.75. The number of aliphatic hydroxyl groups is 1. The average Bonchev–Trinajstić information content (AvgIpc) is 2.03. The van der Waals surface area contributed by atoms with Gasteiger partial charge >= 0.3 is 0 Å². The first-order valence-corrected chi connectivity index (χ1v) is 4.77. The fourth-order valence-electron chi connectivity index (χ4n) is 1.00. The van der Waals surface area contributed by atoms with E-state index in [1.165, 1.54) is 6.20 Å². The Balaban J connectivity index is 3.28. The van der Waals surface area contributed by atoms with E-state index < -0.39 is 11.5 Å². The van der Waals surface area contributed by atoms with Crippen LogP contribution in [0.3, 0.4) is 0 Å². The monoisotopic (exact) mass is 296 g/mol. The Bertz CT molecular complexity index is 297. The van der Waals surface area contributed by atoms with E-state index in [1.807, 2.05) is 22.6 Å². The number of hydrogen-bond donors (Lipinski definition) is 2. The molecule has 0 saturated carbocycles. The molecule has 0 saturated heterocycles. The van der Waals surface area contributed by atoms with Gasteiger partial charge in [0.2, 0.25) is 5.95 Å². The first kappa shape index (κ1) is 10.8. The van der Waals surface area contributed by atoms with Crippen LogP contribution in [-0.2, 0) is 5.54 Å². The number of pyridine rings is 1. The maximum atomic E-state index is 13.2. The molecule has 1 atom stereocenters. The summed E-state index contributed by atoms with van der Waals surface area (Å²) in [6.07, 6.45) is 1.37. The summed E-state index contributed by atoms with van der Waals surface area (Å²) < 4.78 is 13.9. The zero-order chi connectivity index (χ0) is 10.1. The van der Waals surface area contributed by atoms with Crippen LogP contribution in [0.25, 0.3) is 0 Å². The lowest BCUT2D eigenvalue weighted by Crippen LogP contribution is -2.39. The molecule has 0 aliphatic carbocycles. The Morgan fingerprint density at radius 3 is 2.85 bits per heavy atom. The Hall–Kier alpha value is -0.270. The first-order valence-electron chi connectivity index (χ1n) is 3.69. The van der Waals surface area contributed by atoms with Crippen molar-refractivity contribution in [2.24, 2.45) is 5.73 Å². The van der Waals surface area contributed by atoms with Crippen LogP contribution in [0, 0.1) is 9.52 Å². The molecule has 0 spiro atoms. The molecule has 0 amide bonds. The Kier molecular flexibility index (Phi) is 3.20. The third-order valence-corrected chi connectivity index (χ3v) is 2.65. The van der Waals surface area contributed by atoms with E-state index in [2.05, 4.69) is 4.98 Å². The number of aliphatic hydroxyl groups excluding tert-OH is 1. The van der Waals surface area contributed by atoms with E-state index >= 15 is 0 Å². The van der Waals surface area contributed by atoms with Gasteiger partial charge in [0, 0.05) is 15.3 Å². The quantitative estimate of drug-likeness (QED) is 0.632. The SMILES string of the molecule is CC(N)(CO)c1c(I)ccnc1F. The van der Waals surface area contributed by atoms with Gasteiger partial charge in [-0.15, -0.1) is 0 Å². The molecule has 0 aromatic carbocycles. The van der Waals surface area contributed by atoms with Gasteiger partial charge in [-0.25, -0.2) is 4.98 Å². The maximum absolute atomic E-state index is 13.2. The molecule has 72 valence electrons. The summed E-state index contributed by atoms with van der Waals surface area (Å²) in [6, 6.07) is 1.65. The summed E-state index contributed by atoms with van der Waals surface area (Å²) in [6.45, 7) is 1.25. The zero-order valence-corrected chi connectivity index (χ0v) is 9.25. The summed E-state index contributed by atoms with van der Waals surface area (Å²) in [4.78, 5) is 3.49. The molecule has 0 fully saturated rings. The van der Waals surface area contributed by atoms with Gasteiger partial charge in [0.25, 0.3) is 0 Å². The second-order valence-electron chi connectivity index (χ2n) is 3.03. The summed E-state index contributed by atoms with van der Waals surface area (Å²) in [5.74, 6) is -0.619. The molecule has 0 radical (unpaired) electrons. The van der Waals surface area contributed by atoms with Crippen molar-refractivity contribution in [3.63, 3.8) is 0 Å². The van der Waals surface area contributed by atoms with Gasteiger partial charge in [-0.3, -0.25) is 0 Å². The molecule has 1 aromatic heterocycles. The van der Waals surface area contributed by atoms with Crippen molar-refractivity contribution >= 4 is 22.6 Å². The topological polar surface area (TPSA) is 59.1 Å². The molecule has 0 bridgehead atoms. The summed E-state index contributed by atoms with van der Waals surface area (Å²) in [5.41, 5.74) is 4.89. The van der Waals surface area contributed by atoms with E-state index in [4.69, 9.17) is 10.8 Å². The number of aromatic nitrogens is 1. The highest BCUT2D eigenvalue weighted by Crippen LogP contribution is 2.24. The molecule has 5 heteroatoms. The normalized spacial score (nSPS) is 15.5. The van der Waals surface area contributed by atoms with Crippen molar-refractivity contribution in [2.75, 3.05) is 6.61 Å². The highest BCUT2D eigenvalue weighted by molar-refractivity contribution is 14.1. The predicted octanol–water partition coefficient (Wildman–Crippen LogP) is 0.992. The van der Waals surface area contributed by atoms with Gasteiger partial charge in [0.05, 0.1) is 12.1 Å². The van der Waals surface area contributed by atoms with Gasteiger partial charge in [-0.2, -0.15) is 4.39 Å². The average molecular weight is 296 g/mol. The summed E-state index contributed by atoms with van der Waals surface area (Å²) >= 11 is 1.96. The van der Waals surface area contributed by atoms with Crippen molar-refractivity contribution < 1.29 is 9.50 Å². The molecule has 0 aliphatic heterocycles. The molecule has 1 aromatic rings. The van der Waals surface area contributed by atoms with Crippen molar-refractivity contribution in [3.8, 4) is 0 Å². The van der Waals surface area contributed by atoms with Gasteiger partial charge in [-0.1, -0.05) is 0 Å². The fraction of sp³-hybridized carbons (Fsp3) is 0.375. The molecule has 0 aliphatic rings. The summed E-state index contributed by atoms with van der Waals surface area (Å²) in [7, 11) is 0. The second-order valence-corrected chi connectivity index (χ2v) is 4.20. The van der Waals surface area contributed by atoms with Crippen LogP contribution in [0.2, 0.25) is 0 Å².